The van der Waals surface area contributed by atoms with E-state index in [1.165, 1.54) is 6.26 Å². The molecule has 0 saturated carbocycles. The molecule has 20 heavy (non-hydrogen) atoms. The third-order valence-electron chi connectivity index (χ3n) is 2.68. The van der Waals surface area contributed by atoms with Gasteiger partial charge in [-0.25, -0.2) is 8.42 Å². The summed E-state index contributed by atoms with van der Waals surface area (Å²) < 4.78 is 27.5. The van der Waals surface area contributed by atoms with E-state index in [1.807, 2.05) is 18.0 Å². The summed E-state index contributed by atoms with van der Waals surface area (Å²) in [6.45, 7) is 7.96. The molecule has 0 bridgehead atoms. The van der Waals surface area contributed by atoms with Gasteiger partial charge in [0.15, 0.2) is 5.76 Å². The lowest BCUT2D eigenvalue weighted by Gasteiger charge is -2.19. The number of rotatable bonds is 7. The summed E-state index contributed by atoms with van der Waals surface area (Å²) in [5.74, 6) is 0.891. The van der Waals surface area contributed by atoms with Gasteiger partial charge in [-0.15, -0.1) is 0 Å². The monoisotopic (exact) mass is 303 g/mol. The van der Waals surface area contributed by atoms with Gasteiger partial charge in [0.2, 0.25) is 0 Å². The van der Waals surface area contributed by atoms with Crippen molar-refractivity contribution in [3.05, 3.63) is 17.5 Å². The molecule has 0 fully saturated rings. The Bertz CT molecular complexity index is 517. The average molecular weight is 303 g/mol. The highest BCUT2D eigenvalue weighted by Gasteiger charge is 2.12. The highest BCUT2D eigenvalue weighted by atomic mass is 32.2. The van der Waals surface area contributed by atoms with Crippen molar-refractivity contribution in [3.63, 3.8) is 0 Å². The zero-order valence-electron chi connectivity index (χ0n) is 12.9. The lowest BCUT2D eigenvalue weighted by molar-refractivity contribution is 0.281. The first kappa shape index (κ1) is 17.1. The summed E-state index contributed by atoms with van der Waals surface area (Å²) in [5, 5.41) is 7.33. The van der Waals surface area contributed by atoms with Crippen LogP contribution >= 0.6 is 0 Å². The first-order chi connectivity index (χ1) is 9.05. The summed E-state index contributed by atoms with van der Waals surface area (Å²) >= 11 is 0. The van der Waals surface area contributed by atoms with Crippen LogP contribution in [0.3, 0.4) is 0 Å². The van der Waals surface area contributed by atoms with Crippen LogP contribution in [0.2, 0.25) is 0 Å². The summed E-state index contributed by atoms with van der Waals surface area (Å²) in [4.78, 5) is 1.91. The van der Waals surface area contributed by atoms with Gasteiger partial charge in [0.05, 0.1) is 18.0 Å². The molecule has 0 aliphatic heterocycles. The third-order valence-corrected chi connectivity index (χ3v) is 3.60. The second-order valence-corrected chi connectivity index (χ2v) is 8.52. The van der Waals surface area contributed by atoms with Crippen LogP contribution in [0.4, 0.5) is 0 Å². The van der Waals surface area contributed by atoms with Crippen molar-refractivity contribution in [2.75, 3.05) is 25.6 Å². The van der Waals surface area contributed by atoms with Crippen LogP contribution in [0.15, 0.2) is 10.6 Å². The molecule has 1 N–H and O–H groups in total. The van der Waals surface area contributed by atoms with Gasteiger partial charge in [-0.05, 0) is 27.8 Å². The van der Waals surface area contributed by atoms with Crippen molar-refractivity contribution < 1.29 is 12.9 Å². The Balaban J connectivity index is 2.43. The fourth-order valence-corrected chi connectivity index (χ4v) is 2.18. The van der Waals surface area contributed by atoms with Crippen molar-refractivity contribution >= 4 is 9.84 Å². The van der Waals surface area contributed by atoms with Crippen LogP contribution in [-0.4, -0.2) is 49.6 Å². The highest BCUT2D eigenvalue weighted by molar-refractivity contribution is 7.90. The number of aromatic nitrogens is 1. The topological polar surface area (TPSA) is 75.4 Å². The predicted molar refractivity (Wildman–Crippen MR) is 79.1 cm³/mol. The fourth-order valence-electron chi connectivity index (χ4n) is 1.54. The minimum absolute atomic E-state index is 0.0331. The van der Waals surface area contributed by atoms with E-state index in [4.69, 9.17) is 4.52 Å². The Labute approximate surface area is 121 Å². The average Bonchev–Trinajstić information content (AvgIpc) is 2.70. The molecular formula is C13H25N3O3S. The smallest absolute Gasteiger partial charge is 0.151 e. The lowest BCUT2D eigenvalue weighted by atomic mass is 10.1. The molecule has 0 saturated heterocycles. The number of nitrogens with one attached hydrogen (secondary N) is 1. The maximum absolute atomic E-state index is 11.1. The molecule has 0 atom stereocenters. The Morgan fingerprint density at radius 3 is 2.60 bits per heavy atom. The summed E-state index contributed by atoms with van der Waals surface area (Å²) in [6.07, 6.45) is 1.24. The van der Waals surface area contributed by atoms with Gasteiger partial charge in [0.1, 0.15) is 9.84 Å². The maximum atomic E-state index is 11.1. The molecule has 1 aromatic heterocycles. The van der Waals surface area contributed by atoms with Gasteiger partial charge in [0, 0.05) is 31.0 Å². The molecule has 0 unspecified atom stereocenters. The molecule has 1 aromatic rings. The number of hydrogen-bond acceptors (Lipinski definition) is 6. The van der Waals surface area contributed by atoms with Gasteiger partial charge in [0.25, 0.3) is 0 Å². The molecule has 0 aromatic carbocycles. The van der Waals surface area contributed by atoms with Crippen molar-refractivity contribution in [2.45, 2.75) is 39.4 Å². The first-order valence-electron chi connectivity index (χ1n) is 6.61. The summed E-state index contributed by atoms with van der Waals surface area (Å²) in [6, 6.07) is 1.90. The highest BCUT2D eigenvalue weighted by Crippen LogP contribution is 2.08. The zero-order valence-corrected chi connectivity index (χ0v) is 13.7. The predicted octanol–water partition coefficient (Wildman–Crippen LogP) is 1.04. The van der Waals surface area contributed by atoms with Gasteiger partial charge < -0.3 is 9.84 Å². The summed E-state index contributed by atoms with van der Waals surface area (Å²) in [5.41, 5.74) is 0.886. The largest absolute Gasteiger partial charge is 0.360 e. The van der Waals surface area contributed by atoms with E-state index in [0.717, 1.165) is 11.5 Å². The van der Waals surface area contributed by atoms with Gasteiger partial charge in [-0.2, -0.15) is 0 Å². The van der Waals surface area contributed by atoms with Crippen LogP contribution in [0.25, 0.3) is 0 Å². The van der Waals surface area contributed by atoms with E-state index >= 15 is 0 Å². The molecule has 1 heterocycles. The Morgan fingerprint density at radius 2 is 2.05 bits per heavy atom. The van der Waals surface area contributed by atoms with E-state index < -0.39 is 9.84 Å². The van der Waals surface area contributed by atoms with Gasteiger partial charge in [-0.1, -0.05) is 5.16 Å². The van der Waals surface area contributed by atoms with Crippen LogP contribution < -0.4 is 5.32 Å². The molecule has 1 rings (SSSR count). The van der Waals surface area contributed by atoms with Crippen LogP contribution in [0.1, 0.15) is 32.2 Å². The van der Waals surface area contributed by atoms with E-state index in [2.05, 4.69) is 31.2 Å². The standard InChI is InChI=1S/C13H25N3O3S/c1-13(2,3)14-9-11-8-12(19-15-11)10-16(4)6-7-20(5,17)18/h8,14H,6-7,9-10H2,1-5H3. The van der Waals surface area contributed by atoms with Crippen molar-refractivity contribution in [3.8, 4) is 0 Å². The fraction of sp³-hybridized carbons (Fsp3) is 0.769. The normalized spacial score (nSPS) is 13.1. The van der Waals surface area contributed by atoms with Crippen LogP contribution in [0, 0.1) is 0 Å². The first-order valence-corrected chi connectivity index (χ1v) is 8.67. The minimum Gasteiger partial charge on any atom is -0.360 e. The van der Waals surface area contributed by atoms with Crippen molar-refractivity contribution in [1.82, 2.24) is 15.4 Å². The molecular weight excluding hydrogens is 278 g/mol. The van der Waals surface area contributed by atoms with E-state index in [9.17, 15) is 8.42 Å². The van der Waals surface area contributed by atoms with Crippen molar-refractivity contribution in [1.29, 1.82) is 0 Å². The molecule has 7 heteroatoms. The van der Waals surface area contributed by atoms with Crippen LogP contribution in [-0.2, 0) is 22.9 Å². The van der Waals surface area contributed by atoms with Gasteiger partial charge >= 0.3 is 0 Å². The van der Waals surface area contributed by atoms with E-state index in [1.54, 1.807) is 0 Å². The molecule has 0 spiro atoms. The second kappa shape index (κ2) is 6.69. The number of nitrogens with zero attached hydrogens (tertiary/aromatic N) is 2. The Morgan fingerprint density at radius 1 is 1.40 bits per heavy atom. The van der Waals surface area contributed by atoms with Crippen molar-refractivity contribution in [2.24, 2.45) is 0 Å². The van der Waals surface area contributed by atoms with Gasteiger partial charge in [-0.3, -0.25) is 4.90 Å². The molecule has 0 aliphatic rings. The molecule has 0 amide bonds. The molecule has 116 valence electrons. The maximum Gasteiger partial charge on any atom is 0.151 e. The number of sulfone groups is 1. The lowest BCUT2D eigenvalue weighted by Crippen LogP contribution is -2.35. The minimum atomic E-state index is -2.93. The second-order valence-electron chi connectivity index (χ2n) is 6.26. The van der Waals surface area contributed by atoms with E-state index in [-0.39, 0.29) is 11.3 Å². The number of hydrogen-bond donors (Lipinski definition) is 1. The Kier molecular flexibility index (Phi) is 5.73. The van der Waals surface area contributed by atoms with Crippen LogP contribution in [0.5, 0.6) is 0 Å². The SMILES string of the molecule is CN(CCS(C)(=O)=O)Cc1cc(CNC(C)(C)C)no1. The Hall–Kier alpha value is -0.920. The quantitative estimate of drug-likeness (QED) is 0.811. The third kappa shape index (κ3) is 7.62. The summed E-state index contributed by atoms with van der Waals surface area (Å²) in [7, 11) is -1.07. The molecule has 0 aliphatic carbocycles. The molecule has 6 nitrogen and oxygen atoms in total. The van der Waals surface area contributed by atoms with E-state index in [0.29, 0.717) is 19.6 Å². The molecule has 0 radical (unpaired) electrons. The zero-order chi connectivity index (χ0) is 15.4.